The van der Waals surface area contributed by atoms with Gasteiger partial charge in [-0.3, -0.25) is 4.39 Å². The Balaban J connectivity index is 2.77. The fourth-order valence-electron chi connectivity index (χ4n) is 1.35. The zero-order valence-electron chi connectivity index (χ0n) is 9.16. The minimum absolute atomic E-state index is 0.347. The number of aliphatic hydroxyl groups excluding tert-OH is 1. The maximum atomic E-state index is 11.9. The Hall–Kier alpha value is -1.09. The van der Waals surface area contributed by atoms with E-state index in [1.807, 2.05) is 25.1 Å². The van der Waals surface area contributed by atoms with E-state index in [1.54, 1.807) is 6.92 Å². The van der Waals surface area contributed by atoms with Crippen LogP contribution in [0.4, 0.5) is 4.39 Å². The molecule has 0 unspecified atom stereocenters. The maximum Gasteiger partial charge on any atom is 0.125 e. The predicted octanol–water partition coefficient (Wildman–Crippen LogP) is 2.79. The van der Waals surface area contributed by atoms with Crippen LogP contribution >= 0.6 is 0 Å². The third-order valence-corrected chi connectivity index (χ3v) is 2.15. The van der Waals surface area contributed by atoms with E-state index in [9.17, 15) is 9.50 Å². The number of rotatable bonds is 5. The SMILES string of the molecule is Cc1ccc([C@H](C)O)c(OCCCF)c1. The van der Waals surface area contributed by atoms with Crippen molar-refractivity contribution >= 4 is 0 Å². The number of hydrogen-bond donors (Lipinski definition) is 1. The fourth-order valence-corrected chi connectivity index (χ4v) is 1.35. The molecule has 1 aromatic carbocycles. The highest BCUT2D eigenvalue weighted by atomic mass is 19.1. The molecule has 0 amide bonds. The third kappa shape index (κ3) is 3.51. The highest BCUT2D eigenvalue weighted by Crippen LogP contribution is 2.26. The van der Waals surface area contributed by atoms with E-state index in [0.717, 1.165) is 11.1 Å². The summed E-state index contributed by atoms with van der Waals surface area (Å²) >= 11 is 0. The molecule has 0 heterocycles. The van der Waals surface area contributed by atoms with Crippen LogP contribution in [0.1, 0.15) is 30.6 Å². The molecule has 0 aromatic heterocycles. The molecule has 15 heavy (non-hydrogen) atoms. The van der Waals surface area contributed by atoms with Crippen molar-refractivity contribution in [1.29, 1.82) is 0 Å². The van der Waals surface area contributed by atoms with Gasteiger partial charge in [0.05, 0.1) is 19.4 Å². The lowest BCUT2D eigenvalue weighted by Crippen LogP contribution is -2.03. The van der Waals surface area contributed by atoms with Crippen LogP contribution < -0.4 is 4.74 Å². The molecular weight excluding hydrogens is 195 g/mol. The first-order chi connectivity index (χ1) is 7.15. The molecule has 1 N–H and O–H groups in total. The third-order valence-electron chi connectivity index (χ3n) is 2.15. The van der Waals surface area contributed by atoms with Crippen molar-refractivity contribution in [2.45, 2.75) is 26.4 Å². The molecule has 0 aliphatic carbocycles. The second-order valence-electron chi connectivity index (χ2n) is 3.61. The van der Waals surface area contributed by atoms with Gasteiger partial charge in [-0.1, -0.05) is 12.1 Å². The molecule has 1 atom stereocenters. The van der Waals surface area contributed by atoms with Gasteiger partial charge >= 0.3 is 0 Å². The van der Waals surface area contributed by atoms with Crippen LogP contribution in [0.2, 0.25) is 0 Å². The first-order valence-electron chi connectivity index (χ1n) is 5.12. The van der Waals surface area contributed by atoms with Crippen molar-refractivity contribution in [2.75, 3.05) is 13.3 Å². The first-order valence-corrected chi connectivity index (χ1v) is 5.12. The Morgan fingerprint density at radius 2 is 2.20 bits per heavy atom. The molecular formula is C12H17FO2. The first kappa shape index (κ1) is 12.0. The Morgan fingerprint density at radius 1 is 1.47 bits per heavy atom. The molecule has 0 aliphatic heterocycles. The second-order valence-corrected chi connectivity index (χ2v) is 3.61. The van der Waals surface area contributed by atoms with Crippen LogP contribution in [-0.4, -0.2) is 18.4 Å². The van der Waals surface area contributed by atoms with E-state index in [2.05, 4.69) is 0 Å². The van der Waals surface area contributed by atoms with Crippen molar-refractivity contribution in [3.8, 4) is 5.75 Å². The van der Waals surface area contributed by atoms with Crippen molar-refractivity contribution < 1.29 is 14.2 Å². The van der Waals surface area contributed by atoms with Crippen molar-refractivity contribution in [3.63, 3.8) is 0 Å². The van der Waals surface area contributed by atoms with Gasteiger partial charge in [0.1, 0.15) is 5.75 Å². The Bertz CT molecular complexity index is 310. The summed E-state index contributed by atoms with van der Waals surface area (Å²) in [5, 5.41) is 9.50. The van der Waals surface area contributed by atoms with Gasteiger partial charge in [0.25, 0.3) is 0 Å². The topological polar surface area (TPSA) is 29.5 Å². The van der Waals surface area contributed by atoms with Gasteiger partial charge in [-0.05, 0) is 25.5 Å². The van der Waals surface area contributed by atoms with Crippen LogP contribution in [0, 0.1) is 6.92 Å². The lowest BCUT2D eigenvalue weighted by molar-refractivity contribution is 0.190. The molecule has 0 aliphatic rings. The highest BCUT2D eigenvalue weighted by Gasteiger charge is 2.08. The van der Waals surface area contributed by atoms with Gasteiger partial charge in [0.2, 0.25) is 0 Å². The van der Waals surface area contributed by atoms with Crippen LogP contribution in [0.15, 0.2) is 18.2 Å². The zero-order valence-corrected chi connectivity index (χ0v) is 9.16. The summed E-state index contributed by atoms with van der Waals surface area (Å²) in [4.78, 5) is 0. The molecule has 0 saturated heterocycles. The number of hydrogen-bond acceptors (Lipinski definition) is 2. The van der Waals surface area contributed by atoms with Crippen LogP contribution in [0.25, 0.3) is 0 Å². The summed E-state index contributed by atoms with van der Waals surface area (Å²) < 4.78 is 17.3. The monoisotopic (exact) mass is 212 g/mol. The number of halogens is 1. The standard InChI is InChI=1S/C12H17FO2/c1-9-4-5-11(10(2)14)12(8-9)15-7-3-6-13/h4-5,8,10,14H,3,6-7H2,1-2H3/t10-/m0/s1. The molecule has 0 radical (unpaired) electrons. The zero-order chi connectivity index (χ0) is 11.3. The van der Waals surface area contributed by atoms with Crippen LogP contribution in [0.3, 0.4) is 0 Å². The summed E-state index contributed by atoms with van der Waals surface area (Å²) in [6.07, 6.45) is -0.182. The quantitative estimate of drug-likeness (QED) is 0.760. The summed E-state index contributed by atoms with van der Waals surface area (Å²) in [5.74, 6) is 0.651. The van der Waals surface area contributed by atoms with Crippen molar-refractivity contribution in [3.05, 3.63) is 29.3 Å². The summed E-state index contributed by atoms with van der Waals surface area (Å²) in [6.45, 7) is 3.61. The average Bonchev–Trinajstić information content (AvgIpc) is 2.18. The molecule has 0 spiro atoms. The van der Waals surface area contributed by atoms with Gasteiger partial charge < -0.3 is 9.84 Å². The normalized spacial score (nSPS) is 12.5. The predicted molar refractivity (Wildman–Crippen MR) is 57.9 cm³/mol. The van der Waals surface area contributed by atoms with E-state index in [4.69, 9.17) is 4.74 Å². The van der Waals surface area contributed by atoms with Gasteiger partial charge in [-0.25, -0.2) is 0 Å². The van der Waals surface area contributed by atoms with Crippen LogP contribution in [0.5, 0.6) is 5.75 Å². The largest absolute Gasteiger partial charge is 0.493 e. The molecule has 0 saturated carbocycles. The number of aliphatic hydroxyl groups is 1. The lowest BCUT2D eigenvalue weighted by atomic mass is 10.1. The maximum absolute atomic E-state index is 11.9. The average molecular weight is 212 g/mol. The van der Waals surface area contributed by atoms with Gasteiger partial charge in [-0.15, -0.1) is 0 Å². The number of ether oxygens (including phenoxy) is 1. The Labute approximate surface area is 89.7 Å². The Morgan fingerprint density at radius 3 is 2.80 bits per heavy atom. The van der Waals surface area contributed by atoms with Gasteiger partial charge in [0.15, 0.2) is 0 Å². The molecule has 1 aromatic rings. The second kappa shape index (κ2) is 5.71. The molecule has 3 heteroatoms. The molecule has 84 valence electrons. The summed E-state index contributed by atoms with van der Waals surface area (Å²) in [7, 11) is 0. The molecule has 2 nitrogen and oxygen atoms in total. The molecule has 0 fully saturated rings. The van der Waals surface area contributed by atoms with Crippen molar-refractivity contribution in [1.82, 2.24) is 0 Å². The van der Waals surface area contributed by atoms with E-state index >= 15 is 0 Å². The number of alkyl halides is 1. The van der Waals surface area contributed by atoms with E-state index in [1.165, 1.54) is 0 Å². The van der Waals surface area contributed by atoms with E-state index in [-0.39, 0.29) is 6.67 Å². The van der Waals surface area contributed by atoms with Crippen molar-refractivity contribution in [2.24, 2.45) is 0 Å². The molecule has 0 bridgehead atoms. The highest BCUT2D eigenvalue weighted by molar-refractivity contribution is 5.38. The number of benzene rings is 1. The molecule has 1 rings (SSSR count). The summed E-state index contributed by atoms with van der Waals surface area (Å²) in [5.41, 5.74) is 1.81. The fraction of sp³-hybridized carbons (Fsp3) is 0.500. The minimum Gasteiger partial charge on any atom is -0.493 e. The van der Waals surface area contributed by atoms with Gasteiger partial charge in [-0.2, -0.15) is 0 Å². The lowest BCUT2D eigenvalue weighted by Gasteiger charge is -2.13. The van der Waals surface area contributed by atoms with Crippen LogP contribution in [-0.2, 0) is 0 Å². The minimum atomic E-state index is -0.564. The summed E-state index contributed by atoms with van der Waals surface area (Å²) in [6, 6.07) is 5.62. The Kier molecular flexibility index (Phi) is 4.56. The smallest absolute Gasteiger partial charge is 0.125 e. The van der Waals surface area contributed by atoms with Gasteiger partial charge in [0, 0.05) is 12.0 Å². The van der Waals surface area contributed by atoms with E-state index < -0.39 is 6.10 Å². The van der Waals surface area contributed by atoms with E-state index in [0.29, 0.717) is 18.8 Å². The number of aryl methyl sites for hydroxylation is 1.